The van der Waals surface area contributed by atoms with Gasteiger partial charge in [0.25, 0.3) is 0 Å². The molecule has 1 heterocycles. The van der Waals surface area contributed by atoms with Gasteiger partial charge in [0.05, 0.1) is 6.07 Å². The highest BCUT2D eigenvalue weighted by molar-refractivity contribution is 4.93. The van der Waals surface area contributed by atoms with Crippen molar-refractivity contribution in [1.29, 1.82) is 5.26 Å². The second kappa shape index (κ2) is 5.69. The predicted octanol–water partition coefficient (Wildman–Crippen LogP) is 1.75. The topological polar surface area (TPSA) is 53.0 Å². The summed E-state index contributed by atoms with van der Waals surface area (Å²) in [5.74, 6) is -1.65. The molecule has 17 heavy (non-hydrogen) atoms. The maximum Gasteiger partial charge on any atom is 0.405 e. The highest BCUT2D eigenvalue weighted by Gasteiger charge is 2.42. The first-order valence-electron chi connectivity index (χ1n) is 5.79. The molecule has 0 saturated carbocycles. The second-order valence-corrected chi connectivity index (χ2v) is 4.71. The first-order valence-corrected chi connectivity index (χ1v) is 5.79. The average molecular weight is 249 g/mol. The summed E-state index contributed by atoms with van der Waals surface area (Å²) in [7, 11) is 0. The van der Waals surface area contributed by atoms with Gasteiger partial charge in [-0.2, -0.15) is 18.4 Å². The summed E-state index contributed by atoms with van der Waals surface area (Å²) in [5.41, 5.74) is 5.55. The van der Waals surface area contributed by atoms with Crippen LogP contribution in [0.25, 0.3) is 0 Å². The lowest BCUT2D eigenvalue weighted by molar-refractivity contribution is -0.165. The Hall–Kier alpha value is -0.800. The monoisotopic (exact) mass is 249 g/mol. The minimum Gasteiger partial charge on any atom is -0.330 e. The molecule has 1 aliphatic heterocycles. The van der Waals surface area contributed by atoms with Gasteiger partial charge in [0.2, 0.25) is 0 Å². The number of hydrogen-bond donors (Lipinski definition) is 1. The summed E-state index contributed by atoms with van der Waals surface area (Å²) in [6.07, 6.45) is -2.64. The Balaban J connectivity index is 2.62. The molecule has 3 atom stereocenters. The van der Waals surface area contributed by atoms with Crippen LogP contribution in [0, 0.1) is 23.2 Å². The minimum atomic E-state index is -4.44. The molecule has 98 valence electrons. The Bertz CT molecular complexity index is 285. The van der Waals surface area contributed by atoms with E-state index in [4.69, 9.17) is 11.0 Å². The average Bonchev–Trinajstić information content (AvgIpc) is 2.26. The van der Waals surface area contributed by atoms with Crippen molar-refractivity contribution in [2.45, 2.75) is 32.0 Å². The Labute approximate surface area is 99.4 Å². The van der Waals surface area contributed by atoms with Crippen LogP contribution < -0.4 is 5.73 Å². The van der Waals surface area contributed by atoms with Crippen molar-refractivity contribution >= 4 is 0 Å². The van der Waals surface area contributed by atoms with Crippen molar-refractivity contribution in [2.24, 2.45) is 17.6 Å². The van der Waals surface area contributed by atoms with E-state index < -0.39 is 12.1 Å². The van der Waals surface area contributed by atoms with Crippen LogP contribution in [0.1, 0.15) is 19.8 Å². The maximum absolute atomic E-state index is 12.5. The standard InChI is InChI=1S/C11H18F3N3/c1-8-2-3-9(4-15)6-17(8)7-10(5-16)11(12,13)14/h8-10H,2-4,6-7,15H2,1H3. The molecule has 0 aliphatic carbocycles. The smallest absolute Gasteiger partial charge is 0.330 e. The number of nitrogens with two attached hydrogens (primary N) is 1. The molecule has 0 amide bonds. The third-order valence-corrected chi connectivity index (χ3v) is 3.41. The van der Waals surface area contributed by atoms with Crippen molar-refractivity contribution < 1.29 is 13.2 Å². The second-order valence-electron chi connectivity index (χ2n) is 4.71. The number of likely N-dealkylation sites (tertiary alicyclic amines) is 1. The number of nitrogens with zero attached hydrogens (tertiary/aromatic N) is 2. The zero-order valence-corrected chi connectivity index (χ0v) is 9.87. The van der Waals surface area contributed by atoms with E-state index in [-0.39, 0.29) is 18.5 Å². The Kier molecular flexibility index (Phi) is 4.78. The molecule has 3 nitrogen and oxygen atoms in total. The van der Waals surface area contributed by atoms with Crippen molar-refractivity contribution in [3.05, 3.63) is 0 Å². The van der Waals surface area contributed by atoms with Crippen LogP contribution in [-0.4, -0.2) is 36.8 Å². The van der Waals surface area contributed by atoms with Crippen LogP contribution in [-0.2, 0) is 0 Å². The number of piperidine rings is 1. The number of hydrogen-bond acceptors (Lipinski definition) is 3. The number of rotatable bonds is 3. The van der Waals surface area contributed by atoms with E-state index >= 15 is 0 Å². The quantitative estimate of drug-likeness (QED) is 0.829. The first-order chi connectivity index (χ1) is 7.88. The molecule has 0 radical (unpaired) electrons. The Morgan fingerprint density at radius 3 is 2.59 bits per heavy atom. The van der Waals surface area contributed by atoms with E-state index in [0.29, 0.717) is 13.1 Å². The van der Waals surface area contributed by atoms with Gasteiger partial charge in [-0.15, -0.1) is 0 Å². The zero-order valence-electron chi connectivity index (χ0n) is 9.87. The molecule has 2 N–H and O–H groups in total. The summed E-state index contributed by atoms with van der Waals surface area (Å²) in [6.45, 7) is 2.72. The fourth-order valence-electron chi connectivity index (χ4n) is 2.16. The Morgan fingerprint density at radius 1 is 1.47 bits per heavy atom. The summed E-state index contributed by atoms with van der Waals surface area (Å²) in [6, 6.07) is 1.44. The molecule has 3 unspecified atom stereocenters. The van der Waals surface area contributed by atoms with Crippen LogP contribution in [0.3, 0.4) is 0 Å². The first kappa shape index (κ1) is 14.3. The van der Waals surface area contributed by atoms with Crippen LogP contribution >= 0.6 is 0 Å². The highest BCUT2D eigenvalue weighted by Crippen LogP contribution is 2.29. The molecule has 1 fully saturated rings. The van der Waals surface area contributed by atoms with E-state index in [1.807, 2.05) is 6.92 Å². The largest absolute Gasteiger partial charge is 0.405 e. The predicted molar refractivity (Wildman–Crippen MR) is 58.0 cm³/mol. The lowest BCUT2D eigenvalue weighted by atomic mass is 9.92. The van der Waals surface area contributed by atoms with Crippen LogP contribution in [0.4, 0.5) is 13.2 Å². The van der Waals surface area contributed by atoms with Crippen molar-refractivity contribution in [1.82, 2.24) is 4.90 Å². The van der Waals surface area contributed by atoms with E-state index in [9.17, 15) is 13.2 Å². The molecule has 0 aromatic heterocycles. The molecule has 6 heteroatoms. The van der Waals surface area contributed by atoms with Gasteiger partial charge in [-0.25, -0.2) is 0 Å². The van der Waals surface area contributed by atoms with Gasteiger partial charge in [0, 0.05) is 19.1 Å². The van der Waals surface area contributed by atoms with Gasteiger partial charge in [-0.05, 0) is 32.2 Å². The lowest BCUT2D eigenvalue weighted by Gasteiger charge is -2.38. The third-order valence-electron chi connectivity index (χ3n) is 3.41. The van der Waals surface area contributed by atoms with Gasteiger partial charge in [0.1, 0.15) is 0 Å². The SMILES string of the molecule is CC1CCC(CN)CN1CC(C#N)C(F)(F)F. The van der Waals surface area contributed by atoms with Gasteiger partial charge in [-0.1, -0.05) is 0 Å². The Morgan fingerprint density at radius 2 is 2.12 bits per heavy atom. The molecule has 0 aromatic rings. The molecule has 0 bridgehead atoms. The fraction of sp³-hybridized carbons (Fsp3) is 0.909. The molecule has 0 aromatic carbocycles. The van der Waals surface area contributed by atoms with Crippen LogP contribution in [0.5, 0.6) is 0 Å². The molecule has 0 spiro atoms. The van der Waals surface area contributed by atoms with Crippen LogP contribution in [0.2, 0.25) is 0 Å². The maximum atomic E-state index is 12.5. The molecular weight excluding hydrogens is 231 g/mol. The van der Waals surface area contributed by atoms with E-state index in [0.717, 1.165) is 12.8 Å². The molecule has 1 saturated heterocycles. The number of alkyl halides is 3. The molecule has 1 rings (SSSR count). The normalized spacial score (nSPS) is 28.7. The van der Waals surface area contributed by atoms with Crippen molar-refractivity contribution in [2.75, 3.05) is 19.6 Å². The van der Waals surface area contributed by atoms with Gasteiger partial charge >= 0.3 is 6.18 Å². The summed E-state index contributed by atoms with van der Waals surface area (Å²) in [5, 5.41) is 8.58. The van der Waals surface area contributed by atoms with Crippen molar-refractivity contribution in [3.63, 3.8) is 0 Å². The van der Waals surface area contributed by atoms with E-state index in [1.165, 1.54) is 6.07 Å². The summed E-state index contributed by atoms with van der Waals surface area (Å²) < 4.78 is 37.5. The highest BCUT2D eigenvalue weighted by atomic mass is 19.4. The minimum absolute atomic E-state index is 0.0935. The lowest BCUT2D eigenvalue weighted by Crippen LogP contribution is -2.47. The van der Waals surface area contributed by atoms with Gasteiger partial charge in [-0.3, -0.25) is 4.90 Å². The number of halogens is 3. The summed E-state index contributed by atoms with van der Waals surface area (Å²) in [4.78, 5) is 1.74. The van der Waals surface area contributed by atoms with E-state index in [1.54, 1.807) is 4.90 Å². The summed E-state index contributed by atoms with van der Waals surface area (Å²) >= 11 is 0. The third kappa shape index (κ3) is 3.86. The van der Waals surface area contributed by atoms with Gasteiger partial charge < -0.3 is 5.73 Å². The van der Waals surface area contributed by atoms with E-state index in [2.05, 4.69) is 0 Å². The van der Waals surface area contributed by atoms with Gasteiger partial charge in [0.15, 0.2) is 5.92 Å². The fourth-order valence-corrected chi connectivity index (χ4v) is 2.16. The van der Waals surface area contributed by atoms with Crippen molar-refractivity contribution in [3.8, 4) is 6.07 Å². The molecular formula is C11H18F3N3. The van der Waals surface area contributed by atoms with Crippen LogP contribution in [0.15, 0.2) is 0 Å². The molecule has 1 aliphatic rings. The zero-order chi connectivity index (χ0) is 13.1. The number of nitriles is 1.